The quantitative estimate of drug-likeness (QED) is 0.581. The smallest absolute Gasteiger partial charge is 0.247 e. The summed E-state index contributed by atoms with van der Waals surface area (Å²) >= 11 is 0. The average Bonchev–Trinajstić information content (AvgIpc) is 2.82. The standard InChI is InChI=1S/C8H7N3OS2/c1-5-6(3-9)10-8(12-5)7-4-11(7)14-13-2/h4H,1-2H3. The van der Waals surface area contributed by atoms with Crippen molar-refractivity contribution in [3.63, 3.8) is 0 Å². The van der Waals surface area contributed by atoms with Crippen LogP contribution in [0.1, 0.15) is 17.3 Å². The van der Waals surface area contributed by atoms with Crippen molar-refractivity contribution in [3.05, 3.63) is 23.5 Å². The molecule has 1 aliphatic heterocycles. The fourth-order valence-corrected chi connectivity index (χ4v) is 2.30. The molecule has 0 fully saturated rings. The molecule has 0 radical (unpaired) electrons. The SMILES string of the molecule is CSSN1C=C1c1nc(C#N)c(C)o1. The molecule has 0 N–H and O–H groups in total. The Morgan fingerprint density at radius 2 is 2.43 bits per heavy atom. The van der Waals surface area contributed by atoms with Crippen molar-refractivity contribution in [2.45, 2.75) is 6.92 Å². The Morgan fingerprint density at radius 1 is 1.64 bits per heavy atom. The summed E-state index contributed by atoms with van der Waals surface area (Å²) in [5, 5.41) is 8.69. The molecule has 1 aliphatic rings. The predicted octanol–water partition coefficient (Wildman–Crippen LogP) is 2.39. The lowest BCUT2D eigenvalue weighted by Gasteiger charge is -1.96. The number of rotatable bonds is 3. The largest absolute Gasteiger partial charge is 0.439 e. The second kappa shape index (κ2) is 3.59. The van der Waals surface area contributed by atoms with Crippen molar-refractivity contribution in [2.24, 2.45) is 0 Å². The van der Waals surface area contributed by atoms with Crippen LogP contribution in [0.25, 0.3) is 5.70 Å². The predicted molar refractivity (Wildman–Crippen MR) is 56.9 cm³/mol. The van der Waals surface area contributed by atoms with Crippen LogP contribution in [0.15, 0.2) is 10.6 Å². The molecular formula is C8H7N3OS2. The summed E-state index contributed by atoms with van der Waals surface area (Å²) in [6, 6.07) is 1.98. The molecule has 0 unspecified atom stereocenters. The van der Waals surface area contributed by atoms with E-state index in [0.29, 0.717) is 17.3 Å². The zero-order valence-corrected chi connectivity index (χ0v) is 9.28. The van der Waals surface area contributed by atoms with E-state index in [2.05, 4.69) is 4.98 Å². The monoisotopic (exact) mass is 225 g/mol. The summed E-state index contributed by atoms with van der Waals surface area (Å²) in [4.78, 5) is 4.06. The Hall–Kier alpha value is -1.06. The highest BCUT2D eigenvalue weighted by atomic mass is 33.1. The van der Waals surface area contributed by atoms with Crippen molar-refractivity contribution >= 4 is 27.5 Å². The molecule has 4 nitrogen and oxygen atoms in total. The van der Waals surface area contributed by atoms with Crippen LogP contribution in [0.5, 0.6) is 0 Å². The Labute approximate surface area is 89.5 Å². The van der Waals surface area contributed by atoms with Gasteiger partial charge in [-0.25, -0.2) is 0 Å². The van der Waals surface area contributed by atoms with Crippen LogP contribution in [-0.2, 0) is 0 Å². The number of hydrogen-bond donors (Lipinski definition) is 0. The maximum atomic E-state index is 8.69. The van der Waals surface area contributed by atoms with E-state index in [1.165, 1.54) is 0 Å². The summed E-state index contributed by atoms with van der Waals surface area (Å²) in [6.07, 6.45) is 3.92. The van der Waals surface area contributed by atoms with Gasteiger partial charge in [0.1, 0.15) is 17.5 Å². The molecule has 2 rings (SSSR count). The number of hydrogen-bond acceptors (Lipinski definition) is 6. The minimum absolute atomic E-state index is 0.363. The van der Waals surface area contributed by atoms with Crippen molar-refractivity contribution < 1.29 is 4.42 Å². The molecule has 6 heteroatoms. The Kier molecular flexibility index (Phi) is 2.44. The van der Waals surface area contributed by atoms with Crippen molar-refractivity contribution in [2.75, 3.05) is 6.26 Å². The molecule has 1 aromatic heterocycles. The molecule has 0 amide bonds. The van der Waals surface area contributed by atoms with Gasteiger partial charge in [-0.1, -0.05) is 10.8 Å². The van der Waals surface area contributed by atoms with Gasteiger partial charge in [0.2, 0.25) is 5.89 Å². The first-order valence-electron chi connectivity index (χ1n) is 3.86. The number of nitriles is 1. The van der Waals surface area contributed by atoms with Crippen LogP contribution in [0.2, 0.25) is 0 Å². The van der Waals surface area contributed by atoms with Crippen molar-refractivity contribution in [1.82, 2.24) is 9.29 Å². The lowest BCUT2D eigenvalue weighted by molar-refractivity contribution is 0.510. The van der Waals surface area contributed by atoms with Gasteiger partial charge in [0.15, 0.2) is 5.69 Å². The number of aryl methyl sites for hydroxylation is 1. The van der Waals surface area contributed by atoms with Crippen LogP contribution in [0.4, 0.5) is 0 Å². The fraction of sp³-hybridized carbons (Fsp3) is 0.250. The van der Waals surface area contributed by atoms with E-state index in [9.17, 15) is 0 Å². The molecule has 0 saturated heterocycles. The highest BCUT2D eigenvalue weighted by molar-refractivity contribution is 8.75. The molecule has 0 spiro atoms. The number of oxazole rings is 1. The van der Waals surface area contributed by atoms with Crippen molar-refractivity contribution in [1.29, 1.82) is 5.26 Å². The third-order valence-corrected chi connectivity index (χ3v) is 3.23. The van der Waals surface area contributed by atoms with E-state index in [1.807, 2.05) is 22.8 Å². The molecule has 0 saturated carbocycles. The molecule has 0 aliphatic carbocycles. The number of aromatic nitrogens is 1. The molecule has 0 bridgehead atoms. The summed E-state index contributed by atoms with van der Waals surface area (Å²) in [6.45, 7) is 1.74. The van der Waals surface area contributed by atoms with E-state index >= 15 is 0 Å². The minimum atomic E-state index is 0.363. The molecule has 0 atom stereocenters. The van der Waals surface area contributed by atoms with E-state index in [0.717, 1.165) is 5.70 Å². The number of nitrogens with zero attached hydrogens (tertiary/aromatic N) is 3. The van der Waals surface area contributed by atoms with E-state index in [4.69, 9.17) is 9.68 Å². The van der Waals surface area contributed by atoms with Gasteiger partial charge in [-0.3, -0.25) is 4.31 Å². The van der Waals surface area contributed by atoms with Gasteiger partial charge >= 0.3 is 0 Å². The summed E-state index contributed by atoms with van der Waals surface area (Å²) < 4.78 is 7.30. The first-order chi connectivity index (χ1) is 6.76. The van der Waals surface area contributed by atoms with Gasteiger partial charge in [0.25, 0.3) is 0 Å². The van der Waals surface area contributed by atoms with Gasteiger partial charge in [-0.15, -0.1) is 0 Å². The highest BCUT2D eigenvalue weighted by Crippen LogP contribution is 2.42. The van der Waals surface area contributed by atoms with Crippen LogP contribution < -0.4 is 0 Å². The Morgan fingerprint density at radius 3 is 3.00 bits per heavy atom. The molecule has 2 heterocycles. The second-order valence-electron chi connectivity index (χ2n) is 2.62. The third kappa shape index (κ3) is 1.61. The van der Waals surface area contributed by atoms with Crippen molar-refractivity contribution in [3.8, 4) is 6.07 Å². The first kappa shape index (κ1) is 9.49. The maximum Gasteiger partial charge on any atom is 0.247 e. The lowest BCUT2D eigenvalue weighted by atomic mass is 10.4. The van der Waals surface area contributed by atoms with E-state index in [-0.39, 0.29) is 0 Å². The van der Waals surface area contributed by atoms with Crippen LogP contribution in [0, 0.1) is 18.3 Å². The maximum absolute atomic E-state index is 8.69. The van der Waals surface area contributed by atoms with E-state index < -0.39 is 0 Å². The van der Waals surface area contributed by atoms with Gasteiger partial charge in [0, 0.05) is 17.2 Å². The molecule has 72 valence electrons. The topological polar surface area (TPSA) is 52.8 Å². The second-order valence-corrected chi connectivity index (χ2v) is 4.94. The fourth-order valence-electron chi connectivity index (χ4n) is 0.983. The normalized spacial score (nSPS) is 13.8. The van der Waals surface area contributed by atoms with E-state index in [1.54, 1.807) is 28.7 Å². The highest BCUT2D eigenvalue weighted by Gasteiger charge is 2.28. The molecule has 14 heavy (non-hydrogen) atoms. The molecular weight excluding hydrogens is 218 g/mol. The summed E-state index contributed by atoms with van der Waals surface area (Å²) in [5.41, 5.74) is 1.30. The van der Waals surface area contributed by atoms with Gasteiger partial charge in [-0.05, 0) is 13.2 Å². The zero-order valence-electron chi connectivity index (χ0n) is 7.64. The summed E-state index contributed by atoms with van der Waals surface area (Å²) in [5.74, 6) is 1.10. The molecule has 1 aromatic rings. The lowest BCUT2D eigenvalue weighted by Crippen LogP contribution is -1.84. The van der Waals surface area contributed by atoms with Crippen LogP contribution >= 0.6 is 21.8 Å². The Balaban J connectivity index is 2.13. The minimum Gasteiger partial charge on any atom is -0.439 e. The average molecular weight is 225 g/mol. The Bertz CT molecular complexity index is 432. The van der Waals surface area contributed by atoms with Gasteiger partial charge in [0.05, 0.1) is 0 Å². The van der Waals surface area contributed by atoms with Gasteiger partial charge < -0.3 is 4.42 Å². The third-order valence-electron chi connectivity index (χ3n) is 1.69. The molecule has 0 aromatic carbocycles. The zero-order chi connectivity index (χ0) is 10.1. The van der Waals surface area contributed by atoms with Crippen LogP contribution in [0.3, 0.4) is 0 Å². The summed E-state index contributed by atoms with van der Waals surface area (Å²) in [7, 11) is 3.24. The van der Waals surface area contributed by atoms with Crippen LogP contribution in [-0.4, -0.2) is 15.5 Å². The first-order valence-corrected chi connectivity index (χ1v) is 6.37. The van der Waals surface area contributed by atoms with Gasteiger partial charge in [-0.2, -0.15) is 10.2 Å².